The number of hydrogen-bond acceptors (Lipinski definition) is 2. The third kappa shape index (κ3) is 2.35. The first-order chi connectivity index (χ1) is 9.18. The van der Waals surface area contributed by atoms with Crippen LogP contribution in [0.2, 0.25) is 10.0 Å². The Morgan fingerprint density at radius 1 is 1.26 bits per heavy atom. The number of aromatic nitrogens is 2. The summed E-state index contributed by atoms with van der Waals surface area (Å²) in [5.41, 5.74) is 1.54. The molecule has 1 N–H and O–H groups in total. The molecule has 1 aliphatic rings. The molecule has 0 bridgehead atoms. The molecule has 0 saturated heterocycles. The van der Waals surface area contributed by atoms with Crippen molar-refractivity contribution in [3.05, 3.63) is 34.3 Å². The van der Waals surface area contributed by atoms with Crippen LogP contribution < -0.4 is 0 Å². The van der Waals surface area contributed by atoms with Gasteiger partial charge in [0.05, 0.1) is 39.9 Å². The van der Waals surface area contributed by atoms with Crippen LogP contribution in [0.4, 0.5) is 0 Å². The van der Waals surface area contributed by atoms with E-state index in [1.54, 1.807) is 18.6 Å². The molecule has 0 aliphatic heterocycles. The van der Waals surface area contributed by atoms with E-state index in [1.807, 2.05) is 4.40 Å². The first kappa shape index (κ1) is 13.2. The fourth-order valence-electron chi connectivity index (χ4n) is 2.98. The smallest absolute Gasteiger partial charge is 0.0995 e. The number of aliphatic hydroxyl groups excluding tert-OH is 1. The lowest BCUT2D eigenvalue weighted by atomic mass is 9.84. The average molecular weight is 299 g/mol. The van der Waals surface area contributed by atoms with Gasteiger partial charge >= 0.3 is 0 Å². The summed E-state index contributed by atoms with van der Waals surface area (Å²) < 4.78 is 1.84. The molecule has 1 fully saturated rings. The molecule has 1 atom stereocenters. The van der Waals surface area contributed by atoms with Gasteiger partial charge in [-0.3, -0.25) is 4.40 Å². The summed E-state index contributed by atoms with van der Waals surface area (Å²) in [5, 5.41) is 11.6. The number of nitrogens with zero attached hydrogens (tertiary/aromatic N) is 2. The quantitative estimate of drug-likeness (QED) is 0.900. The maximum absolute atomic E-state index is 10.7. The molecule has 0 amide bonds. The van der Waals surface area contributed by atoms with Crippen molar-refractivity contribution in [2.24, 2.45) is 5.92 Å². The molecule has 2 heterocycles. The zero-order chi connectivity index (χ0) is 13.4. The lowest BCUT2D eigenvalue weighted by Crippen LogP contribution is -2.18. The van der Waals surface area contributed by atoms with Crippen LogP contribution in [0.15, 0.2) is 18.6 Å². The summed E-state index contributed by atoms with van der Waals surface area (Å²) in [6.07, 6.45) is 8.51. The number of rotatable bonds is 2. The van der Waals surface area contributed by atoms with Gasteiger partial charge in [0.25, 0.3) is 0 Å². The van der Waals surface area contributed by atoms with Crippen molar-refractivity contribution in [1.29, 1.82) is 0 Å². The van der Waals surface area contributed by atoms with E-state index in [0.717, 1.165) is 18.4 Å². The van der Waals surface area contributed by atoms with Crippen LogP contribution in [-0.4, -0.2) is 14.5 Å². The van der Waals surface area contributed by atoms with Crippen LogP contribution in [0.25, 0.3) is 5.52 Å². The molecule has 2 aromatic rings. The number of hydrogen-bond donors (Lipinski definition) is 1. The highest BCUT2D eigenvalue weighted by Crippen LogP contribution is 2.39. The van der Waals surface area contributed by atoms with Crippen molar-refractivity contribution < 1.29 is 5.11 Å². The predicted octanol–water partition coefficient (Wildman–Crippen LogP) is 4.25. The Morgan fingerprint density at radius 2 is 2.00 bits per heavy atom. The normalized spacial score (nSPS) is 18.9. The summed E-state index contributed by atoms with van der Waals surface area (Å²) in [6, 6.07) is 1.77. The van der Waals surface area contributed by atoms with Gasteiger partial charge in [-0.25, -0.2) is 4.98 Å². The van der Waals surface area contributed by atoms with Gasteiger partial charge in [-0.1, -0.05) is 42.5 Å². The largest absolute Gasteiger partial charge is 0.387 e. The Morgan fingerprint density at radius 3 is 2.74 bits per heavy atom. The first-order valence-electron chi connectivity index (χ1n) is 6.66. The van der Waals surface area contributed by atoms with Gasteiger partial charge in [0.15, 0.2) is 0 Å². The lowest BCUT2D eigenvalue weighted by Gasteiger charge is -2.28. The maximum Gasteiger partial charge on any atom is 0.0995 e. The Bertz CT molecular complexity index is 590. The van der Waals surface area contributed by atoms with E-state index in [2.05, 4.69) is 4.98 Å². The van der Waals surface area contributed by atoms with Gasteiger partial charge in [-0.15, -0.1) is 0 Å². The molecule has 5 heteroatoms. The second-order valence-electron chi connectivity index (χ2n) is 5.22. The highest BCUT2D eigenvalue weighted by Gasteiger charge is 2.27. The SMILES string of the molecule is OC(c1c(Cl)c(Cl)cc2cncn12)C1CCCCC1. The van der Waals surface area contributed by atoms with Crippen molar-refractivity contribution >= 4 is 28.7 Å². The van der Waals surface area contributed by atoms with Gasteiger partial charge < -0.3 is 5.11 Å². The van der Waals surface area contributed by atoms with Gasteiger partial charge in [-0.05, 0) is 24.8 Å². The minimum atomic E-state index is -0.580. The van der Waals surface area contributed by atoms with Crippen LogP contribution in [0.3, 0.4) is 0 Å². The van der Waals surface area contributed by atoms with E-state index >= 15 is 0 Å². The molecule has 102 valence electrons. The molecular formula is C14H16Cl2N2O. The van der Waals surface area contributed by atoms with Crippen LogP contribution >= 0.6 is 23.2 Å². The Hall–Kier alpha value is -0.770. The van der Waals surface area contributed by atoms with E-state index in [-0.39, 0.29) is 5.92 Å². The number of fused-ring (bicyclic) bond motifs is 1. The minimum absolute atomic E-state index is 0.260. The van der Waals surface area contributed by atoms with Crippen molar-refractivity contribution in [1.82, 2.24) is 9.38 Å². The van der Waals surface area contributed by atoms with Gasteiger partial charge in [-0.2, -0.15) is 0 Å². The second kappa shape index (κ2) is 5.31. The van der Waals surface area contributed by atoms with Gasteiger partial charge in [0.1, 0.15) is 0 Å². The second-order valence-corrected chi connectivity index (χ2v) is 6.01. The minimum Gasteiger partial charge on any atom is -0.387 e. The lowest BCUT2D eigenvalue weighted by molar-refractivity contribution is 0.0802. The number of aliphatic hydroxyl groups is 1. The highest BCUT2D eigenvalue weighted by atomic mass is 35.5. The van der Waals surface area contributed by atoms with Gasteiger partial charge in [0.2, 0.25) is 0 Å². The molecule has 1 saturated carbocycles. The number of pyridine rings is 1. The zero-order valence-electron chi connectivity index (χ0n) is 10.5. The Labute approximate surface area is 122 Å². The Balaban J connectivity index is 2.07. The summed E-state index contributed by atoms with van der Waals surface area (Å²) in [5.74, 6) is 0.260. The number of halogens is 2. The summed E-state index contributed by atoms with van der Waals surface area (Å²) in [4.78, 5) is 4.11. The van der Waals surface area contributed by atoms with Crippen molar-refractivity contribution in [3.8, 4) is 0 Å². The molecular weight excluding hydrogens is 283 g/mol. The van der Waals surface area contributed by atoms with Gasteiger partial charge in [0, 0.05) is 0 Å². The van der Waals surface area contributed by atoms with E-state index in [0.29, 0.717) is 15.7 Å². The van der Waals surface area contributed by atoms with Crippen LogP contribution in [0.5, 0.6) is 0 Å². The molecule has 1 unspecified atom stereocenters. The van der Waals surface area contributed by atoms with E-state index in [9.17, 15) is 5.11 Å². The molecule has 19 heavy (non-hydrogen) atoms. The number of imidazole rings is 1. The standard InChI is InChI=1S/C14H16Cl2N2O/c15-11-6-10-7-17-8-18(10)13(12(11)16)14(19)9-4-2-1-3-5-9/h6-9,14,19H,1-5H2. The Kier molecular flexibility index (Phi) is 3.70. The van der Waals surface area contributed by atoms with Crippen LogP contribution in [0, 0.1) is 5.92 Å². The molecule has 1 aliphatic carbocycles. The summed E-state index contributed by atoms with van der Waals surface area (Å²) in [7, 11) is 0. The predicted molar refractivity (Wildman–Crippen MR) is 76.7 cm³/mol. The molecule has 2 aromatic heterocycles. The van der Waals surface area contributed by atoms with Crippen LogP contribution in [0.1, 0.15) is 43.9 Å². The van der Waals surface area contributed by atoms with Crippen molar-refractivity contribution in [2.45, 2.75) is 38.2 Å². The first-order valence-corrected chi connectivity index (χ1v) is 7.42. The fourth-order valence-corrected chi connectivity index (χ4v) is 3.45. The van der Waals surface area contributed by atoms with E-state index < -0.39 is 6.10 Å². The third-order valence-corrected chi connectivity index (χ3v) is 4.80. The summed E-state index contributed by atoms with van der Waals surface area (Å²) in [6.45, 7) is 0. The molecule has 3 nitrogen and oxygen atoms in total. The average Bonchev–Trinajstić information content (AvgIpc) is 2.88. The molecule has 3 rings (SSSR count). The maximum atomic E-state index is 10.7. The molecule has 0 aromatic carbocycles. The van der Waals surface area contributed by atoms with Crippen LogP contribution in [-0.2, 0) is 0 Å². The third-order valence-electron chi connectivity index (χ3n) is 4.01. The molecule has 0 spiro atoms. The van der Waals surface area contributed by atoms with Crippen molar-refractivity contribution in [2.75, 3.05) is 0 Å². The topological polar surface area (TPSA) is 37.5 Å². The van der Waals surface area contributed by atoms with E-state index in [4.69, 9.17) is 23.2 Å². The zero-order valence-corrected chi connectivity index (χ0v) is 12.0. The monoisotopic (exact) mass is 298 g/mol. The van der Waals surface area contributed by atoms with Crippen molar-refractivity contribution in [3.63, 3.8) is 0 Å². The fraction of sp³-hybridized carbons (Fsp3) is 0.500. The van der Waals surface area contributed by atoms with E-state index in [1.165, 1.54) is 19.3 Å². The summed E-state index contributed by atoms with van der Waals surface area (Å²) >= 11 is 12.5. The molecule has 0 radical (unpaired) electrons. The highest BCUT2D eigenvalue weighted by molar-refractivity contribution is 6.42.